The molecular formula is C9H10ClNO4. The summed E-state index contributed by atoms with van der Waals surface area (Å²) in [6.45, 7) is -1.53. The maximum Gasteiger partial charge on any atom is 0.292 e. The lowest BCUT2D eigenvalue weighted by Gasteiger charge is -2.20. The Kier molecular flexibility index (Phi) is 3.62. The molecule has 5 nitrogen and oxygen atoms in total. The molecule has 0 bridgehead atoms. The number of nitrogens with zero attached hydrogens (tertiary/aromatic N) is 1. The largest absolute Gasteiger partial charge is 0.388 e. The van der Waals surface area contributed by atoms with E-state index in [0.29, 0.717) is 5.02 Å². The van der Waals surface area contributed by atoms with Crippen LogP contribution in [-0.2, 0) is 5.54 Å². The van der Waals surface area contributed by atoms with E-state index in [-0.39, 0.29) is 5.56 Å². The quantitative estimate of drug-likeness (QED) is 0.593. The Morgan fingerprint density at radius 2 is 1.73 bits per heavy atom. The highest BCUT2D eigenvalue weighted by Crippen LogP contribution is 2.25. The van der Waals surface area contributed by atoms with Crippen molar-refractivity contribution in [1.29, 1.82) is 0 Å². The minimum absolute atomic E-state index is 0.224. The molecule has 1 aromatic rings. The summed E-state index contributed by atoms with van der Waals surface area (Å²) in [7, 11) is 0. The maximum atomic E-state index is 10.8. The van der Waals surface area contributed by atoms with Crippen LogP contribution >= 0.6 is 11.6 Å². The van der Waals surface area contributed by atoms with Gasteiger partial charge in [0.15, 0.2) is 0 Å². The van der Waals surface area contributed by atoms with Gasteiger partial charge >= 0.3 is 0 Å². The summed E-state index contributed by atoms with van der Waals surface area (Å²) in [4.78, 5) is 10.1. The zero-order valence-corrected chi connectivity index (χ0v) is 8.52. The first-order valence-corrected chi connectivity index (χ1v) is 4.57. The van der Waals surface area contributed by atoms with Crippen LogP contribution in [0.4, 0.5) is 0 Å². The summed E-state index contributed by atoms with van der Waals surface area (Å²) >= 11 is 5.63. The van der Waals surface area contributed by atoms with E-state index in [1.165, 1.54) is 24.3 Å². The van der Waals surface area contributed by atoms with E-state index in [1.54, 1.807) is 0 Å². The number of hydrogen-bond donors (Lipinski definition) is 2. The Balaban J connectivity index is 3.20. The van der Waals surface area contributed by atoms with Crippen molar-refractivity contribution in [3.63, 3.8) is 0 Å². The average molecular weight is 232 g/mol. The third kappa shape index (κ3) is 2.09. The molecule has 0 aliphatic rings. The molecule has 6 heteroatoms. The highest BCUT2D eigenvalue weighted by molar-refractivity contribution is 6.30. The van der Waals surface area contributed by atoms with Gasteiger partial charge in [-0.25, -0.2) is 0 Å². The fraction of sp³-hybridized carbons (Fsp3) is 0.333. The second-order valence-electron chi connectivity index (χ2n) is 3.11. The van der Waals surface area contributed by atoms with Crippen LogP contribution in [-0.4, -0.2) is 28.4 Å². The van der Waals surface area contributed by atoms with Crippen LogP contribution in [0, 0.1) is 10.1 Å². The van der Waals surface area contributed by atoms with Crippen molar-refractivity contribution in [2.75, 3.05) is 13.2 Å². The zero-order chi connectivity index (χ0) is 11.5. The number of rotatable bonds is 4. The van der Waals surface area contributed by atoms with E-state index >= 15 is 0 Å². The molecule has 0 unspecified atom stereocenters. The monoisotopic (exact) mass is 231 g/mol. The second-order valence-corrected chi connectivity index (χ2v) is 3.55. The molecule has 15 heavy (non-hydrogen) atoms. The average Bonchev–Trinajstić information content (AvgIpc) is 2.22. The molecule has 0 fully saturated rings. The Hall–Kier alpha value is -1.17. The van der Waals surface area contributed by atoms with Gasteiger partial charge in [0, 0.05) is 15.5 Å². The number of halogens is 1. The van der Waals surface area contributed by atoms with Crippen molar-refractivity contribution in [1.82, 2.24) is 0 Å². The lowest BCUT2D eigenvalue weighted by atomic mass is 9.92. The summed E-state index contributed by atoms with van der Waals surface area (Å²) < 4.78 is 0. The Labute approximate surface area is 91.1 Å². The van der Waals surface area contributed by atoms with Crippen molar-refractivity contribution >= 4 is 11.6 Å². The Morgan fingerprint density at radius 3 is 2.07 bits per heavy atom. The van der Waals surface area contributed by atoms with Gasteiger partial charge in [-0.1, -0.05) is 23.7 Å². The van der Waals surface area contributed by atoms with Crippen LogP contribution in [0.5, 0.6) is 0 Å². The van der Waals surface area contributed by atoms with E-state index in [0.717, 1.165) is 0 Å². The molecule has 1 rings (SSSR count). The van der Waals surface area contributed by atoms with E-state index in [1.807, 2.05) is 0 Å². The van der Waals surface area contributed by atoms with Crippen LogP contribution < -0.4 is 0 Å². The predicted molar refractivity (Wildman–Crippen MR) is 54.3 cm³/mol. The standard InChI is InChI=1S/C9H10ClNO4/c10-8-3-1-7(2-4-8)9(5-12,6-13)11(14)15/h1-4,12-13H,5-6H2. The number of aliphatic hydroxyl groups is 2. The molecule has 0 aromatic heterocycles. The molecule has 0 radical (unpaired) electrons. The zero-order valence-electron chi connectivity index (χ0n) is 7.76. The number of benzene rings is 1. The highest BCUT2D eigenvalue weighted by atomic mass is 35.5. The fourth-order valence-electron chi connectivity index (χ4n) is 1.21. The van der Waals surface area contributed by atoms with Gasteiger partial charge in [0.25, 0.3) is 5.54 Å². The molecule has 82 valence electrons. The Bertz CT molecular complexity index is 348. The first-order chi connectivity index (χ1) is 7.06. The SMILES string of the molecule is O=[N+]([O-])C(CO)(CO)c1ccc(Cl)cc1. The van der Waals surface area contributed by atoms with E-state index in [2.05, 4.69) is 0 Å². The fourth-order valence-corrected chi connectivity index (χ4v) is 1.34. The number of aliphatic hydroxyl groups excluding tert-OH is 2. The van der Waals surface area contributed by atoms with Crippen molar-refractivity contribution in [2.45, 2.75) is 5.54 Å². The first kappa shape index (κ1) is 11.9. The van der Waals surface area contributed by atoms with Crippen LogP contribution in [0.1, 0.15) is 5.56 Å². The summed E-state index contributed by atoms with van der Waals surface area (Å²) in [5.74, 6) is 0. The normalized spacial score (nSPS) is 11.4. The first-order valence-electron chi connectivity index (χ1n) is 4.19. The highest BCUT2D eigenvalue weighted by Gasteiger charge is 2.43. The third-order valence-electron chi connectivity index (χ3n) is 2.25. The van der Waals surface area contributed by atoms with Crippen LogP contribution in [0.15, 0.2) is 24.3 Å². The minimum Gasteiger partial charge on any atom is -0.388 e. The van der Waals surface area contributed by atoms with Gasteiger partial charge < -0.3 is 10.2 Å². The van der Waals surface area contributed by atoms with Crippen LogP contribution in [0.3, 0.4) is 0 Å². The summed E-state index contributed by atoms with van der Waals surface area (Å²) in [6, 6.07) is 5.77. The van der Waals surface area contributed by atoms with Gasteiger partial charge in [-0.2, -0.15) is 0 Å². The molecule has 0 spiro atoms. The van der Waals surface area contributed by atoms with Gasteiger partial charge in [0.05, 0.1) is 0 Å². The number of nitro groups is 1. The molecule has 0 aliphatic carbocycles. The Morgan fingerprint density at radius 1 is 1.27 bits per heavy atom. The number of hydrogen-bond acceptors (Lipinski definition) is 4. The van der Waals surface area contributed by atoms with Gasteiger partial charge in [0.2, 0.25) is 0 Å². The van der Waals surface area contributed by atoms with E-state index < -0.39 is 23.7 Å². The lowest BCUT2D eigenvalue weighted by Crippen LogP contribution is -2.42. The maximum absolute atomic E-state index is 10.8. The van der Waals surface area contributed by atoms with Gasteiger partial charge in [0.1, 0.15) is 13.2 Å². The van der Waals surface area contributed by atoms with Gasteiger partial charge in [-0.15, -0.1) is 0 Å². The van der Waals surface area contributed by atoms with Crippen molar-refractivity contribution < 1.29 is 15.1 Å². The molecule has 0 atom stereocenters. The molecule has 0 heterocycles. The lowest BCUT2D eigenvalue weighted by molar-refractivity contribution is -0.586. The predicted octanol–water partition coefficient (Wildman–Crippen LogP) is 0.797. The molecule has 0 saturated heterocycles. The molecule has 2 N–H and O–H groups in total. The molecule has 0 aliphatic heterocycles. The van der Waals surface area contributed by atoms with Gasteiger partial charge in [-0.05, 0) is 12.1 Å². The van der Waals surface area contributed by atoms with Crippen molar-refractivity contribution in [3.8, 4) is 0 Å². The molecule has 1 aromatic carbocycles. The van der Waals surface area contributed by atoms with Crippen LogP contribution in [0.25, 0.3) is 0 Å². The summed E-state index contributed by atoms with van der Waals surface area (Å²) in [5.41, 5.74) is -1.63. The van der Waals surface area contributed by atoms with Crippen molar-refractivity contribution in [2.24, 2.45) is 0 Å². The topological polar surface area (TPSA) is 83.6 Å². The summed E-state index contributed by atoms with van der Waals surface area (Å²) in [6.07, 6.45) is 0. The van der Waals surface area contributed by atoms with Gasteiger partial charge in [-0.3, -0.25) is 10.1 Å². The molecule has 0 saturated carbocycles. The van der Waals surface area contributed by atoms with E-state index in [9.17, 15) is 10.1 Å². The third-order valence-corrected chi connectivity index (χ3v) is 2.51. The van der Waals surface area contributed by atoms with E-state index in [4.69, 9.17) is 21.8 Å². The smallest absolute Gasteiger partial charge is 0.292 e. The minimum atomic E-state index is -1.86. The second kappa shape index (κ2) is 4.57. The molecular weight excluding hydrogens is 222 g/mol. The van der Waals surface area contributed by atoms with Crippen molar-refractivity contribution in [3.05, 3.63) is 45.0 Å². The van der Waals surface area contributed by atoms with Crippen LogP contribution in [0.2, 0.25) is 5.02 Å². The molecule has 0 amide bonds. The summed E-state index contributed by atoms with van der Waals surface area (Å²) in [5, 5.41) is 29.3.